The molecule has 3 fully saturated rings. The van der Waals surface area contributed by atoms with Crippen molar-refractivity contribution in [2.24, 2.45) is 17.8 Å². The fraction of sp³-hybridized carbons (Fsp3) is 0.955. The molecule has 2 aliphatic carbocycles. The Hall–Kier alpha value is -0.610. The highest BCUT2D eigenvalue weighted by Crippen LogP contribution is 2.32. The van der Waals surface area contributed by atoms with Gasteiger partial charge >= 0.3 is 5.97 Å². The van der Waals surface area contributed by atoms with Gasteiger partial charge in [0.05, 0.1) is 18.1 Å². The van der Waals surface area contributed by atoms with E-state index in [-0.39, 0.29) is 18.0 Å². The van der Waals surface area contributed by atoms with Crippen LogP contribution in [0.3, 0.4) is 0 Å². The molecule has 0 N–H and O–H groups in total. The molecule has 2 saturated carbocycles. The molecule has 2 atom stereocenters. The third-order valence-corrected chi connectivity index (χ3v) is 6.87. The Bertz CT molecular complexity index is 422. The molecule has 1 heterocycles. The van der Waals surface area contributed by atoms with Gasteiger partial charge in [-0.3, -0.25) is 4.79 Å². The summed E-state index contributed by atoms with van der Waals surface area (Å²) in [6.45, 7) is 4.78. The Balaban J connectivity index is 1.23. The quantitative estimate of drug-likeness (QED) is 0.457. The van der Waals surface area contributed by atoms with E-state index in [2.05, 4.69) is 6.92 Å². The zero-order valence-corrected chi connectivity index (χ0v) is 16.8. The Labute approximate surface area is 159 Å². The maximum Gasteiger partial charge on any atom is 0.308 e. The van der Waals surface area contributed by atoms with Crippen molar-refractivity contribution < 1.29 is 19.0 Å². The van der Waals surface area contributed by atoms with Crippen LogP contribution in [0.1, 0.15) is 90.9 Å². The molecule has 0 bridgehead atoms. The third kappa shape index (κ3) is 6.23. The van der Waals surface area contributed by atoms with E-state index in [1.54, 1.807) is 0 Å². The van der Waals surface area contributed by atoms with Crippen LogP contribution in [-0.4, -0.2) is 31.1 Å². The second-order valence-corrected chi connectivity index (χ2v) is 9.09. The molecule has 150 valence electrons. The van der Waals surface area contributed by atoms with E-state index in [1.807, 2.05) is 6.92 Å². The van der Waals surface area contributed by atoms with Crippen LogP contribution in [0.15, 0.2) is 0 Å². The van der Waals surface area contributed by atoms with Crippen molar-refractivity contribution in [3.8, 4) is 0 Å². The lowest BCUT2D eigenvalue weighted by Crippen LogP contribution is -2.30. The van der Waals surface area contributed by atoms with Gasteiger partial charge in [-0.25, -0.2) is 0 Å². The summed E-state index contributed by atoms with van der Waals surface area (Å²) in [6, 6.07) is 0. The van der Waals surface area contributed by atoms with E-state index >= 15 is 0 Å². The van der Waals surface area contributed by atoms with Crippen LogP contribution in [0.5, 0.6) is 0 Å². The van der Waals surface area contributed by atoms with E-state index in [0.29, 0.717) is 19.0 Å². The Kier molecular flexibility index (Phi) is 7.80. The van der Waals surface area contributed by atoms with Gasteiger partial charge in [-0.15, -0.1) is 0 Å². The minimum Gasteiger partial charge on any atom is -0.462 e. The third-order valence-electron chi connectivity index (χ3n) is 6.87. The van der Waals surface area contributed by atoms with Crippen LogP contribution in [-0.2, 0) is 19.0 Å². The number of hydrogen-bond acceptors (Lipinski definition) is 4. The van der Waals surface area contributed by atoms with Crippen molar-refractivity contribution in [1.82, 2.24) is 0 Å². The largest absolute Gasteiger partial charge is 0.462 e. The number of esters is 1. The van der Waals surface area contributed by atoms with E-state index in [0.717, 1.165) is 43.9 Å². The zero-order valence-electron chi connectivity index (χ0n) is 16.8. The normalized spacial score (nSPS) is 38.8. The van der Waals surface area contributed by atoms with E-state index in [4.69, 9.17) is 14.2 Å². The van der Waals surface area contributed by atoms with Gasteiger partial charge in [-0.1, -0.05) is 13.8 Å². The zero-order chi connectivity index (χ0) is 18.4. The van der Waals surface area contributed by atoms with E-state index in [1.165, 1.54) is 44.9 Å². The van der Waals surface area contributed by atoms with Crippen LogP contribution in [0, 0.1) is 17.8 Å². The minimum atomic E-state index is 0.00535. The standard InChI is InChI=1S/C22H38O4/c1-16-3-9-19(10-4-16)24-15-25-20-12-6-18(7-13-20)8-14-21-11-5-17(2)22(23)26-21/h16-21H,3-15H2,1-2H3. The highest BCUT2D eigenvalue weighted by Gasteiger charge is 2.28. The molecule has 1 aliphatic heterocycles. The summed E-state index contributed by atoms with van der Waals surface area (Å²) in [7, 11) is 0. The topological polar surface area (TPSA) is 44.8 Å². The lowest BCUT2D eigenvalue weighted by atomic mass is 9.83. The van der Waals surface area contributed by atoms with Crippen LogP contribution in [0.2, 0.25) is 0 Å². The van der Waals surface area contributed by atoms with E-state index < -0.39 is 0 Å². The second-order valence-electron chi connectivity index (χ2n) is 9.09. The lowest BCUT2D eigenvalue weighted by Gasteiger charge is -2.31. The van der Waals surface area contributed by atoms with Gasteiger partial charge in [0, 0.05) is 0 Å². The monoisotopic (exact) mass is 366 g/mol. The molecule has 0 aromatic carbocycles. The molecule has 0 radical (unpaired) electrons. The van der Waals surface area contributed by atoms with Gasteiger partial charge in [0.2, 0.25) is 0 Å². The molecule has 0 aromatic heterocycles. The van der Waals surface area contributed by atoms with E-state index in [9.17, 15) is 4.79 Å². The van der Waals surface area contributed by atoms with Crippen molar-refractivity contribution in [3.63, 3.8) is 0 Å². The first-order chi connectivity index (χ1) is 12.6. The highest BCUT2D eigenvalue weighted by atomic mass is 16.7. The maximum atomic E-state index is 11.7. The molecule has 26 heavy (non-hydrogen) atoms. The number of hydrogen-bond donors (Lipinski definition) is 0. The predicted molar refractivity (Wildman–Crippen MR) is 102 cm³/mol. The summed E-state index contributed by atoms with van der Waals surface area (Å²) in [5.41, 5.74) is 0. The summed E-state index contributed by atoms with van der Waals surface area (Å²) < 4.78 is 17.5. The van der Waals surface area contributed by atoms with Gasteiger partial charge in [-0.05, 0) is 88.9 Å². The fourth-order valence-electron chi connectivity index (χ4n) is 4.73. The highest BCUT2D eigenvalue weighted by molar-refractivity contribution is 5.72. The molecule has 3 aliphatic rings. The Morgan fingerprint density at radius 1 is 0.808 bits per heavy atom. The number of ether oxygens (including phenoxy) is 3. The second kappa shape index (κ2) is 10.1. The first-order valence-electron chi connectivity index (χ1n) is 11.0. The van der Waals surface area contributed by atoms with Crippen LogP contribution in [0.4, 0.5) is 0 Å². The lowest BCUT2D eigenvalue weighted by molar-refractivity contribution is -0.160. The summed E-state index contributed by atoms with van der Waals surface area (Å²) in [5, 5.41) is 0. The molecular weight excluding hydrogens is 328 g/mol. The molecule has 2 unspecified atom stereocenters. The molecule has 4 nitrogen and oxygen atoms in total. The fourth-order valence-corrected chi connectivity index (χ4v) is 4.73. The summed E-state index contributed by atoms with van der Waals surface area (Å²) >= 11 is 0. The van der Waals surface area contributed by atoms with Crippen LogP contribution in [0.25, 0.3) is 0 Å². The summed E-state index contributed by atoms with van der Waals surface area (Å²) in [6.07, 6.45) is 15.0. The first-order valence-corrected chi connectivity index (χ1v) is 11.0. The molecule has 1 saturated heterocycles. The Morgan fingerprint density at radius 2 is 1.42 bits per heavy atom. The van der Waals surface area contributed by atoms with Crippen molar-refractivity contribution in [2.45, 2.75) is 109 Å². The summed E-state index contributed by atoms with van der Waals surface area (Å²) in [4.78, 5) is 11.7. The molecule has 4 heteroatoms. The first kappa shape index (κ1) is 20.1. The van der Waals surface area contributed by atoms with Crippen molar-refractivity contribution in [1.29, 1.82) is 0 Å². The van der Waals surface area contributed by atoms with Crippen molar-refractivity contribution in [2.75, 3.05) is 6.79 Å². The van der Waals surface area contributed by atoms with Crippen LogP contribution >= 0.6 is 0 Å². The number of carbonyl (C=O) groups excluding carboxylic acids is 1. The summed E-state index contributed by atoms with van der Waals surface area (Å²) in [5.74, 6) is 1.74. The van der Waals surface area contributed by atoms with Gasteiger partial charge in [0.1, 0.15) is 12.9 Å². The minimum absolute atomic E-state index is 0.00535. The molecule has 0 aromatic rings. The molecule has 0 amide bonds. The van der Waals surface area contributed by atoms with Gasteiger partial charge in [-0.2, -0.15) is 0 Å². The van der Waals surface area contributed by atoms with Gasteiger partial charge in [0.15, 0.2) is 0 Å². The van der Waals surface area contributed by atoms with Crippen LogP contribution < -0.4 is 0 Å². The van der Waals surface area contributed by atoms with Gasteiger partial charge < -0.3 is 14.2 Å². The maximum absolute atomic E-state index is 11.7. The Morgan fingerprint density at radius 3 is 2.04 bits per heavy atom. The van der Waals surface area contributed by atoms with Crippen molar-refractivity contribution >= 4 is 5.97 Å². The predicted octanol–water partition coefficient (Wildman–Crippen LogP) is 5.24. The molecule has 0 spiro atoms. The molecular formula is C22H38O4. The molecule has 3 rings (SSSR count). The van der Waals surface area contributed by atoms with Gasteiger partial charge in [0.25, 0.3) is 0 Å². The SMILES string of the molecule is CC1CCC(OCOC2CCC(CCC3CCC(C)C(=O)O3)CC2)CC1. The number of rotatable bonds is 7. The van der Waals surface area contributed by atoms with Crippen molar-refractivity contribution in [3.05, 3.63) is 0 Å². The number of carbonyl (C=O) groups is 1. The smallest absolute Gasteiger partial charge is 0.308 e. The average Bonchev–Trinajstić information content (AvgIpc) is 2.65. The number of cyclic esters (lactones) is 1. The average molecular weight is 367 g/mol.